The lowest BCUT2D eigenvalue weighted by Crippen LogP contribution is -2.21. The van der Waals surface area contributed by atoms with Crippen LogP contribution in [0.15, 0.2) is 29.8 Å². The zero-order valence-corrected chi connectivity index (χ0v) is 11.6. The molecule has 19 heavy (non-hydrogen) atoms. The zero-order chi connectivity index (χ0) is 14.3. The van der Waals surface area contributed by atoms with Crippen molar-refractivity contribution in [1.82, 2.24) is 5.32 Å². The summed E-state index contributed by atoms with van der Waals surface area (Å²) in [5.41, 5.74) is 2.17. The average Bonchev–Trinajstić information content (AvgIpc) is 2.30. The molecule has 1 aromatic carbocycles. The van der Waals surface area contributed by atoms with Crippen LogP contribution in [0.1, 0.15) is 26.3 Å². The van der Waals surface area contributed by atoms with Crippen molar-refractivity contribution in [3.05, 3.63) is 35.4 Å². The maximum atomic E-state index is 12.0. The maximum absolute atomic E-state index is 12.0. The van der Waals surface area contributed by atoms with Crippen LogP contribution in [0.2, 0.25) is 0 Å². The topological polar surface area (TPSA) is 21.3 Å². The van der Waals surface area contributed by atoms with Gasteiger partial charge in [-0.25, -0.2) is 0 Å². The Labute approximate surface area is 113 Å². The second kappa shape index (κ2) is 7.89. The number of hydrogen-bond acceptors (Lipinski definition) is 2. The first kappa shape index (κ1) is 15.6. The van der Waals surface area contributed by atoms with Crippen LogP contribution in [0, 0.1) is 5.92 Å². The standard InChI is InChI=1S/C15H21F2NO/c1-11(2)9-18-10-12(3)8-13-4-6-14(7-5-13)19-15(16)17/h4-8,11,15,18H,9-10H2,1-3H3. The minimum atomic E-state index is -2.77. The van der Waals surface area contributed by atoms with Crippen molar-refractivity contribution >= 4 is 6.08 Å². The number of halogens is 2. The highest BCUT2D eigenvalue weighted by Crippen LogP contribution is 2.16. The van der Waals surface area contributed by atoms with E-state index in [9.17, 15) is 8.78 Å². The van der Waals surface area contributed by atoms with Crippen molar-refractivity contribution in [1.29, 1.82) is 0 Å². The van der Waals surface area contributed by atoms with E-state index < -0.39 is 6.61 Å². The summed E-state index contributed by atoms with van der Waals surface area (Å²) in [5, 5.41) is 3.35. The third-order valence-corrected chi connectivity index (χ3v) is 2.47. The van der Waals surface area contributed by atoms with Gasteiger partial charge in [0.2, 0.25) is 0 Å². The van der Waals surface area contributed by atoms with Gasteiger partial charge < -0.3 is 10.1 Å². The van der Waals surface area contributed by atoms with E-state index in [1.54, 1.807) is 24.3 Å². The summed E-state index contributed by atoms with van der Waals surface area (Å²) in [5.74, 6) is 0.807. The Hall–Kier alpha value is -1.42. The van der Waals surface area contributed by atoms with Gasteiger partial charge in [-0.15, -0.1) is 0 Å². The lowest BCUT2D eigenvalue weighted by Gasteiger charge is -2.08. The minimum absolute atomic E-state index is 0.183. The molecule has 0 spiro atoms. The monoisotopic (exact) mass is 269 g/mol. The molecule has 0 radical (unpaired) electrons. The first-order chi connectivity index (χ1) is 8.97. The molecule has 0 unspecified atom stereocenters. The van der Waals surface area contributed by atoms with E-state index in [2.05, 4.69) is 23.9 Å². The van der Waals surface area contributed by atoms with Crippen LogP contribution < -0.4 is 10.1 Å². The number of rotatable bonds is 7. The van der Waals surface area contributed by atoms with Gasteiger partial charge in [0.15, 0.2) is 0 Å². The Morgan fingerprint density at radius 2 is 1.89 bits per heavy atom. The van der Waals surface area contributed by atoms with Crippen LogP contribution in [-0.4, -0.2) is 19.7 Å². The molecule has 4 heteroatoms. The van der Waals surface area contributed by atoms with Crippen LogP contribution in [0.3, 0.4) is 0 Å². The first-order valence-corrected chi connectivity index (χ1v) is 6.40. The Morgan fingerprint density at radius 3 is 2.42 bits per heavy atom. The fourth-order valence-electron chi connectivity index (χ4n) is 1.64. The van der Waals surface area contributed by atoms with Gasteiger partial charge in [-0.3, -0.25) is 0 Å². The van der Waals surface area contributed by atoms with Crippen LogP contribution in [-0.2, 0) is 0 Å². The van der Waals surface area contributed by atoms with Crippen LogP contribution >= 0.6 is 0 Å². The third kappa shape index (κ3) is 6.91. The largest absolute Gasteiger partial charge is 0.435 e. The van der Waals surface area contributed by atoms with E-state index in [1.807, 2.05) is 13.0 Å². The molecule has 0 aromatic heterocycles. The quantitative estimate of drug-likeness (QED) is 0.809. The summed E-state index contributed by atoms with van der Waals surface area (Å²) in [7, 11) is 0. The SMILES string of the molecule is CC(=Cc1ccc(OC(F)F)cc1)CNCC(C)C. The van der Waals surface area contributed by atoms with E-state index in [0.29, 0.717) is 5.92 Å². The average molecular weight is 269 g/mol. The van der Waals surface area contributed by atoms with Crippen molar-refractivity contribution in [2.24, 2.45) is 5.92 Å². The second-order valence-electron chi connectivity index (χ2n) is 4.96. The highest BCUT2D eigenvalue weighted by atomic mass is 19.3. The van der Waals surface area contributed by atoms with Crippen LogP contribution in [0.4, 0.5) is 8.78 Å². The molecule has 106 valence electrons. The molecule has 0 aliphatic rings. The van der Waals surface area contributed by atoms with Crippen LogP contribution in [0.5, 0.6) is 5.75 Å². The lowest BCUT2D eigenvalue weighted by atomic mass is 10.1. The zero-order valence-electron chi connectivity index (χ0n) is 11.6. The fourth-order valence-corrected chi connectivity index (χ4v) is 1.64. The highest BCUT2D eigenvalue weighted by Gasteiger charge is 2.03. The third-order valence-electron chi connectivity index (χ3n) is 2.47. The Bertz CT molecular complexity index is 399. The van der Waals surface area contributed by atoms with E-state index in [4.69, 9.17) is 0 Å². The molecule has 0 saturated heterocycles. The number of alkyl halides is 2. The summed E-state index contributed by atoms with van der Waals surface area (Å²) in [6, 6.07) is 6.63. The normalized spacial score (nSPS) is 12.3. The van der Waals surface area contributed by atoms with Gasteiger partial charge in [0.25, 0.3) is 0 Å². The Morgan fingerprint density at radius 1 is 1.26 bits per heavy atom. The number of benzene rings is 1. The lowest BCUT2D eigenvalue weighted by molar-refractivity contribution is -0.0498. The fraction of sp³-hybridized carbons (Fsp3) is 0.467. The summed E-state index contributed by atoms with van der Waals surface area (Å²) in [6.45, 7) is 5.39. The van der Waals surface area contributed by atoms with Crippen molar-refractivity contribution in [2.45, 2.75) is 27.4 Å². The molecular weight excluding hydrogens is 248 g/mol. The molecule has 1 N–H and O–H groups in total. The molecule has 0 bridgehead atoms. The summed E-state index contributed by atoms with van der Waals surface area (Å²) < 4.78 is 28.3. The van der Waals surface area contributed by atoms with Crippen molar-refractivity contribution < 1.29 is 13.5 Å². The van der Waals surface area contributed by atoms with E-state index in [1.165, 1.54) is 5.57 Å². The van der Waals surface area contributed by atoms with Gasteiger partial charge >= 0.3 is 6.61 Å². The Kier molecular flexibility index (Phi) is 6.50. The molecule has 1 aromatic rings. The predicted molar refractivity (Wildman–Crippen MR) is 74.4 cm³/mol. The minimum Gasteiger partial charge on any atom is -0.435 e. The maximum Gasteiger partial charge on any atom is 0.387 e. The number of ether oxygens (including phenoxy) is 1. The van der Waals surface area contributed by atoms with E-state index in [-0.39, 0.29) is 5.75 Å². The second-order valence-corrected chi connectivity index (χ2v) is 4.96. The van der Waals surface area contributed by atoms with E-state index in [0.717, 1.165) is 18.7 Å². The molecule has 0 amide bonds. The van der Waals surface area contributed by atoms with E-state index >= 15 is 0 Å². The summed E-state index contributed by atoms with van der Waals surface area (Å²) >= 11 is 0. The van der Waals surface area contributed by atoms with Gasteiger partial charge in [0.1, 0.15) is 5.75 Å². The van der Waals surface area contributed by atoms with Crippen molar-refractivity contribution in [2.75, 3.05) is 13.1 Å². The first-order valence-electron chi connectivity index (χ1n) is 6.40. The molecule has 2 nitrogen and oxygen atoms in total. The molecule has 1 rings (SSSR count). The molecule has 0 saturated carbocycles. The molecule has 0 fully saturated rings. The van der Waals surface area contributed by atoms with Crippen molar-refractivity contribution in [3.8, 4) is 5.75 Å². The van der Waals surface area contributed by atoms with Gasteiger partial charge in [-0.1, -0.05) is 37.6 Å². The van der Waals surface area contributed by atoms with Gasteiger partial charge in [-0.05, 0) is 37.1 Å². The smallest absolute Gasteiger partial charge is 0.387 e. The molecular formula is C15H21F2NO. The van der Waals surface area contributed by atoms with Crippen LogP contribution in [0.25, 0.3) is 6.08 Å². The molecule has 0 atom stereocenters. The summed E-state index contributed by atoms with van der Waals surface area (Å²) in [6.07, 6.45) is 2.03. The predicted octanol–water partition coefficient (Wildman–Crippen LogP) is 3.94. The number of nitrogens with one attached hydrogen (secondary N) is 1. The van der Waals surface area contributed by atoms with Gasteiger partial charge in [0, 0.05) is 6.54 Å². The number of hydrogen-bond donors (Lipinski definition) is 1. The molecule has 0 aliphatic heterocycles. The Balaban J connectivity index is 2.51. The summed E-state index contributed by atoms with van der Waals surface area (Å²) in [4.78, 5) is 0. The van der Waals surface area contributed by atoms with Gasteiger partial charge in [-0.2, -0.15) is 8.78 Å². The highest BCUT2D eigenvalue weighted by molar-refractivity contribution is 5.53. The molecule has 0 aliphatic carbocycles. The van der Waals surface area contributed by atoms with Crippen molar-refractivity contribution in [3.63, 3.8) is 0 Å². The van der Waals surface area contributed by atoms with Gasteiger partial charge in [0.05, 0.1) is 0 Å². The molecule has 0 heterocycles.